The fourth-order valence-corrected chi connectivity index (χ4v) is 2.24. The molecule has 2 N–H and O–H groups in total. The van der Waals surface area contributed by atoms with E-state index in [0.29, 0.717) is 11.4 Å². The van der Waals surface area contributed by atoms with Crippen LogP contribution in [0.2, 0.25) is 5.02 Å². The second-order valence-electron chi connectivity index (χ2n) is 4.52. The van der Waals surface area contributed by atoms with Crippen LogP contribution in [0.5, 0.6) is 5.75 Å². The lowest BCUT2D eigenvalue weighted by Gasteiger charge is -2.17. The molecule has 0 radical (unpaired) electrons. The van der Waals surface area contributed by atoms with Gasteiger partial charge in [-0.1, -0.05) is 23.7 Å². The first-order valence-corrected chi connectivity index (χ1v) is 6.48. The predicted molar refractivity (Wildman–Crippen MR) is 77.6 cm³/mol. The van der Waals surface area contributed by atoms with Crippen molar-refractivity contribution in [2.24, 2.45) is 5.73 Å². The highest BCUT2D eigenvalue weighted by Crippen LogP contribution is 2.28. The molecule has 0 aliphatic carbocycles. The third-order valence-corrected chi connectivity index (χ3v) is 3.43. The highest BCUT2D eigenvalue weighted by molar-refractivity contribution is 6.31. The molecule has 1 aromatic carbocycles. The van der Waals surface area contributed by atoms with Gasteiger partial charge in [-0.05, 0) is 36.6 Å². The van der Waals surface area contributed by atoms with Crippen molar-refractivity contribution in [3.05, 3.63) is 58.4 Å². The Hall–Kier alpha value is -1.58. The minimum Gasteiger partial charge on any atom is -0.496 e. The molecule has 19 heavy (non-hydrogen) atoms. The van der Waals surface area contributed by atoms with Crippen molar-refractivity contribution in [3.63, 3.8) is 0 Å². The van der Waals surface area contributed by atoms with E-state index in [1.165, 1.54) is 0 Å². The van der Waals surface area contributed by atoms with Crippen molar-refractivity contribution >= 4 is 11.6 Å². The van der Waals surface area contributed by atoms with E-state index in [-0.39, 0.29) is 6.04 Å². The van der Waals surface area contributed by atoms with E-state index >= 15 is 0 Å². The first-order chi connectivity index (χ1) is 9.11. The number of aromatic nitrogens is 1. The molecule has 0 aliphatic rings. The molecule has 3 nitrogen and oxygen atoms in total. The topological polar surface area (TPSA) is 48.1 Å². The third kappa shape index (κ3) is 3.25. The summed E-state index contributed by atoms with van der Waals surface area (Å²) < 4.78 is 5.39. The summed E-state index contributed by atoms with van der Waals surface area (Å²) in [5.74, 6) is 0.817. The number of hydrogen-bond acceptors (Lipinski definition) is 3. The van der Waals surface area contributed by atoms with Crippen molar-refractivity contribution in [3.8, 4) is 5.75 Å². The van der Waals surface area contributed by atoms with E-state index in [1.807, 2.05) is 31.2 Å². The Morgan fingerprint density at radius 1 is 1.37 bits per heavy atom. The fraction of sp³-hybridized carbons (Fsp3) is 0.267. The number of nitrogens with two attached hydrogens (primary N) is 1. The molecule has 0 spiro atoms. The summed E-state index contributed by atoms with van der Waals surface area (Å²) in [5.41, 5.74) is 9.39. The van der Waals surface area contributed by atoms with Crippen LogP contribution >= 0.6 is 11.6 Å². The van der Waals surface area contributed by atoms with Gasteiger partial charge in [-0.3, -0.25) is 4.98 Å². The van der Waals surface area contributed by atoms with Crippen LogP contribution in [0.15, 0.2) is 36.7 Å². The van der Waals surface area contributed by atoms with Crippen molar-refractivity contribution in [2.45, 2.75) is 19.4 Å². The van der Waals surface area contributed by atoms with Crippen LogP contribution in [-0.2, 0) is 6.42 Å². The molecule has 0 bridgehead atoms. The SMILES string of the molecule is COc1cc(C)ccc1C(N)Cc1ccncc1Cl. The van der Waals surface area contributed by atoms with Gasteiger partial charge in [0.25, 0.3) is 0 Å². The maximum atomic E-state index is 6.26. The summed E-state index contributed by atoms with van der Waals surface area (Å²) in [6.07, 6.45) is 4.01. The molecule has 0 fully saturated rings. The molecule has 0 saturated heterocycles. The number of benzene rings is 1. The minimum absolute atomic E-state index is 0.157. The van der Waals surface area contributed by atoms with Crippen LogP contribution in [0.4, 0.5) is 0 Å². The average Bonchev–Trinajstić information content (AvgIpc) is 2.41. The number of nitrogens with zero attached hydrogens (tertiary/aromatic N) is 1. The number of pyridine rings is 1. The van der Waals surface area contributed by atoms with Gasteiger partial charge in [0, 0.05) is 24.0 Å². The second kappa shape index (κ2) is 6.04. The maximum Gasteiger partial charge on any atom is 0.123 e. The quantitative estimate of drug-likeness (QED) is 0.932. The molecule has 1 heterocycles. The monoisotopic (exact) mass is 276 g/mol. The average molecular weight is 277 g/mol. The van der Waals surface area contributed by atoms with Gasteiger partial charge in [-0.25, -0.2) is 0 Å². The molecule has 0 aliphatic heterocycles. The summed E-state index contributed by atoms with van der Waals surface area (Å²) in [7, 11) is 1.66. The lowest BCUT2D eigenvalue weighted by molar-refractivity contribution is 0.405. The molecule has 0 amide bonds. The standard InChI is InChI=1S/C15H17ClN2O/c1-10-3-4-12(15(7-10)19-2)14(17)8-11-5-6-18-9-13(11)16/h3-7,9,14H,8,17H2,1-2H3. The van der Waals surface area contributed by atoms with Gasteiger partial charge in [-0.15, -0.1) is 0 Å². The van der Waals surface area contributed by atoms with E-state index in [9.17, 15) is 0 Å². The van der Waals surface area contributed by atoms with Gasteiger partial charge < -0.3 is 10.5 Å². The Balaban J connectivity index is 2.25. The first kappa shape index (κ1) is 13.8. The zero-order valence-electron chi connectivity index (χ0n) is 11.1. The highest BCUT2D eigenvalue weighted by atomic mass is 35.5. The van der Waals surface area contributed by atoms with E-state index in [1.54, 1.807) is 19.5 Å². The summed E-state index contributed by atoms with van der Waals surface area (Å²) >= 11 is 6.11. The van der Waals surface area contributed by atoms with Crippen molar-refractivity contribution in [1.82, 2.24) is 4.98 Å². The van der Waals surface area contributed by atoms with E-state index < -0.39 is 0 Å². The number of ether oxygens (including phenoxy) is 1. The van der Waals surface area contributed by atoms with Gasteiger partial charge in [-0.2, -0.15) is 0 Å². The van der Waals surface area contributed by atoms with Crippen LogP contribution < -0.4 is 10.5 Å². The second-order valence-corrected chi connectivity index (χ2v) is 4.93. The Morgan fingerprint density at radius 3 is 2.84 bits per heavy atom. The Morgan fingerprint density at radius 2 is 2.16 bits per heavy atom. The predicted octanol–water partition coefficient (Wildman–Crippen LogP) is 3.29. The summed E-state index contributed by atoms with van der Waals surface area (Å²) in [6.45, 7) is 2.03. The molecule has 1 atom stereocenters. The smallest absolute Gasteiger partial charge is 0.123 e. The van der Waals surface area contributed by atoms with Crippen LogP contribution in [0, 0.1) is 6.92 Å². The van der Waals surface area contributed by atoms with E-state index in [4.69, 9.17) is 22.1 Å². The van der Waals surface area contributed by atoms with Crippen molar-refractivity contribution in [2.75, 3.05) is 7.11 Å². The Kier molecular flexibility index (Phi) is 4.40. The zero-order chi connectivity index (χ0) is 13.8. The number of halogens is 1. The number of aryl methyl sites for hydroxylation is 1. The van der Waals surface area contributed by atoms with Crippen molar-refractivity contribution < 1.29 is 4.74 Å². The molecule has 2 rings (SSSR count). The number of rotatable bonds is 4. The normalized spacial score (nSPS) is 12.2. The fourth-order valence-electron chi connectivity index (χ4n) is 2.04. The zero-order valence-corrected chi connectivity index (χ0v) is 11.8. The first-order valence-electron chi connectivity index (χ1n) is 6.10. The lowest BCUT2D eigenvalue weighted by atomic mass is 9.98. The Labute approximate surface area is 118 Å². The van der Waals surface area contributed by atoms with Crippen LogP contribution in [-0.4, -0.2) is 12.1 Å². The van der Waals surface area contributed by atoms with Gasteiger partial charge in [0.2, 0.25) is 0 Å². The molecule has 4 heteroatoms. The molecule has 1 unspecified atom stereocenters. The van der Waals surface area contributed by atoms with Gasteiger partial charge >= 0.3 is 0 Å². The maximum absolute atomic E-state index is 6.26. The van der Waals surface area contributed by atoms with Gasteiger partial charge in [0.05, 0.1) is 12.1 Å². The summed E-state index contributed by atoms with van der Waals surface area (Å²) in [5, 5.41) is 0.643. The highest BCUT2D eigenvalue weighted by Gasteiger charge is 2.14. The molecule has 0 saturated carbocycles. The van der Waals surface area contributed by atoms with Crippen LogP contribution in [0.25, 0.3) is 0 Å². The van der Waals surface area contributed by atoms with Crippen LogP contribution in [0.1, 0.15) is 22.7 Å². The summed E-state index contributed by atoms with van der Waals surface area (Å²) in [4.78, 5) is 3.97. The minimum atomic E-state index is -0.157. The van der Waals surface area contributed by atoms with Gasteiger partial charge in [0.1, 0.15) is 5.75 Å². The molecular formula is C15H17ClN2O. The molecular weight excluding hydrogens is 260 g/mol. The van der Waals surface area contributed by atoms with E-state index in [2.05, 4.69) is 4.98 Å². The molecule has 1 aromatic heterocycles. The largest absolute Gasteiger partial charge is 0.496 e. The lowest BCUT2D eigenvalue weighted by Crippen LogP contribution is -2.15. The van der Waals surface area contributed by atoms with E-state index in [0.717, 1.165) is 22.4 Å². The summed E-state index contributed by atoms with van der Waals surface area (Å²) in [6, 6.07) is 7.77. The molecule has 2 aromatic rings. The van der Waals surface area contributed by atoms with Gasteiger partial charge in [0.15, 0.2) is 0 Å². The Bertz CT molecular complexity index is 572. The van der Waals surface area contributed by atoms with Crippen LogP contribution in [0.3, 0.4) is 0 Å². The third-order valence-electron chi connectivity index (χ3n) is 3.08. The number of methoxy groups -OCH3 is 1. The number of hydrogen-bond donors (Lipinski definition) is 1. The van der Waals surface area contributed by atoms with Crippen molar-refractivity contribution in [1.29, 1.82) is 0 Å². The molecule has 100 valence electrons.